The van der Waals surface area contributed by atoms with Gasteiger partial charge in [-0.1, -0.05) is 45.0 Å². The molecule has 10 heteroatoms. The zero-order valence-corrected chi connectivity index (χ0v) is 23.3. The lowest BCUT2D eigenvalue weighted by atomic mass is 9.80. The Bertz CT molecular complexity index is 940. The molecule has 0 spiro atoms. The van der Waals surface area contributed by atoms with Crippen LogP contribution in [0.3, 0.4) is 0 Å². The zero-order valence-electron chi connectivity index (χ0n) is 21.6. The summed E-state index contributed by atoms with van der Waals surface area (Å²) in [5.74, 6) is -1.89. The van der Waals surface area contributed by atoms with Crippen molar-refractivity contribution in [1.82, 2.24) is 14.7 Å². The second-order valence-corrected chi connectivity index (χ2v) is 15.5. The van der Waals surface area contributed by atoms with Crippen LogP contribution in [0.15, 0.2) is 18.7 Å². The number of β-lactam (4-membered cyclic amide) rings is 1. The van der Waals surface area contributed by atoms with Crippen molar-refractivity contribution in [2.75, 3.05) is 6.61 Å². The van der Waals surface area contributed by atoms with Crippen LogP contribution in [0, 0.1) is 12.8 Å². The number of esters is 1. The molecule has 1 fully saturated rings. The molecule has 2 rings (SSSR count). The summed E-state index contributed by atoms with van der Waals surface area (Å²) in [5, 5.41) is 4.32. The highest BCUT2D eigenvalue weighted by molar-refractivity contribution is 6.74. The Balaban J connectivity index is 2.31. The standard InChI is InChI=1S/C24H38ClN3O5Si/c1-10-12-32-23(31)21(25)28-18(14-19(29)17-13-15(3)27(11-2)26-17)20(22(28)30)16(4)33-34(8,9)24(5,6)7/h10,13,16,18,20-21H,1,11-12,14H2,2-9H3/t16-,18-,20-,21?/m1/s1. The molecule has 1 aliphatic heterocycles. The molecule has 0 aliphatic carbocycles. The lowest BCUT2D eigenvalue weighted by Crippen LogP contribution is -2.69. The molecular weight excluding hydrogens is 474 g/mol. The summed E-state index contributed by atoms with van der Waals surface area (Å²) < 4.78 is 13.3. The average molecular weight is 512 g/mol. The van der Waals surface area contributed by atoms with E-state index in [1.807, 2.05) is 20.8 Å². The molecule has 1 aromatic rings. The summed E-state index contributed by atoms with van der Waals surface area (Å²) >= 11 is 6.35. The predicted molar refractivity (Wildman–Crippen MR) is 134 cm³/mol. The molecule has 0 radical (unpaired) electrons. The maximum absolute atomic E-state index is 13.2. The van der Waals surface area contributed by atoms with Crippen LogP contribution in [0.5, 0.6) is 0 Å². The number of aryl methyl sites for hydroxylation is 2. The van der Waals surface area contributed by atoms with Crippen molar-refractivity contribution in [3.63, 3.8) is 0 Å². The molecule has 1 amide bonds. The highest BCUT2D eigenvalue weighted by atomic mass is 35.5. The first-order valence-corrected chi connectivity index (χ1v) is 15.0. The van der Waals surface area contributed by atoms with Crippen molar-refractivity contribution < 1.29 is 23.5 Å². The molecule has 34 heavy (non-hydrogen) atoms. The van der Waals surface area contributed by atoms with E-state index >= 15 is 0 Å². The summed E-state index contributed by atoms with van der Waals surface area (Å²) in [5.41, 5.74) is -0.131. The summed E-state index contributed by atoms with van der Waals surface area (Å²) in [6.07, 6.45) is 0.968. The number of hydrogen-bond acceptors (Lipinski definition) is 6. The van der Waals surface area contributed by atoms with E-state index in [4.69, 9.17) is 20.8 Å². The minimum absolute atomic E-state index is 0.0142. The van der Waals surface area contributed by atoms with Crippen molar-refractivity contribution >= 4 is 37.6 Å². The average Bonchev–Trinajstić information content (AvgIpc) is 3.11. The molecule has 0 saturated carbocycles. The van der Waals surface area contributed by atoms with E-state index in [0.29, 0.717) is 12.2 Å². The van der Waals surface area contributed by atoms with Crippen LogP contribution >= 0.6 is 11.6 Å². The number of alkyl halides is 1. The van der Waals surface area contributed by atoms with Crippen molar-refractivity contribution in [3.05, 3.63) is 30.1 Å². The topological polar surface area (TPSA) is 90.7 Å². The monoisotopic (exact) mass is 511 g/mol. The van der Waals surface area contributed by atoms with Gasteiger partial charge in [-0.15, -0.1) is 0 Å². The number of amides is 1. The van der Waals surface area contributed by atoms with Crippen LogP contribution in [-0.4, -0.2) is 64.9 Å². The van der Waals surface area contributed by atoms with Gasteiger partial charge in [0.15, 0.2) is 14.1 Å². The van der Waals surface area contributed by atoms with Gasteiger partial charge in [-0.25, -0.2) is 4.79 Å². The summed E-state index contributed by atoms with van der Waals surface area (Å²) in [6, 6.07) is 1.13. The molecule has 1 unspecified atom stereocenters. The Kier molecular flexibility index (Phi) is 8.93. The van der Waals surface area contributed by atoms with E-state index in [1.165, 1.54) is 11.0 Å². The maximum atomic E-state index is 13.2. The van der Waals surface area contributed by atoms with Crippen LogP contribution in [0.25, 0.3) is 0 Å². The molecule has 2 heterocycles. The second kappa shape index (κ2) is 10.7. The fourth-order valence-corrected chi connectivity index (χ4v) is 5.64. The number of ketones is 1. The number of carbonyl (C=O) groups is 3. The molecule has 1 aromatic heterocycles. The van der Waals surface area contributed by atoms with Crippen LogP contribution in [0.1, 0.15) is 57.2 Å². The second-order valence-electron chi connectivity index (χ2n) is 10.3. The summed E-state index contributed by atoms with van der Waals surface area (Å²) in [6.45, 7) is 20.4. The van der Waals surface area contributed by atoms with Gasteiger partial charge in [-0.2, -0.15) is 5.10 Å². The number of rotatable bonds is 11. The number of halogens is 1. The van der Waals surface area contributed by atoms with Crippen molar-refractivity contribution in [1.29, 1.82) is 0 Å². The molecule has 1 saturated heterocycles. The minimum Gasteiger partial charge on any atom is -0.459 e. The number of carbonyl (C=O) groups excluding carboxylic acids is 3. The van der Waals surface area contributed by atoms with Crippen LogP contribution < -0.4 is 0 Å². The molecular formula is C24H38ClN3O5Si. The number of hydrogen-bond donors (Lipinski definition) is 0. The third-order valence-corrected chi connectivity index (χ3v) is 11.8. The fraction of sp³-hybridized carbons (Fsp3) is 0.667. The third-order valence-electron chi connectivity index (χ3n) is 6.85. The lowest BCUT2D eigenvalue weighted by molar-refractivity contribution is -0.172. The SMILES string of the molecule is C=CCOC(=O)C(Cl)N1C(=O)[C@H]([C@@H](C)O[Si](C)(C)C(C)(C)C)[C@H]1CC(=O)c1cc(C)n(CC)n1. The van der Waals surface area contributed by atoms with E-state index in [0.717, 1.165) is 5.69 Å². The first-order chi connectivity index (χ1) is 15.7. The van der Waals surface area contributed by atoms with Gasteiger partial charge in [0, 0.05) is 18.7 Å². The summed E-state index contributed by atoms with van der Waals surface area (Å²) in [7, 11) is -2.18. The molecule has 8 nitrogen and oxygen atoms in total. The molecule has 0 aromatic carbocycles. The largest absolute Gasteiger partial charge is 0.459 e. The Morgan fingerprint density at radius 1 is 1.35 bits per heavy atom. The van der Waals surface area contributed by atoms with Crippen LogP contribution in [0.4, 0.5) is 0 Å². The van der Waals surface area contributed by atoms with E-state index in [9.17, 15) is 14.4 Å². The van der Waals surface area contributed by atoms with Gasteiger partial charge >= 0.3 is 5.97 Å². The Labute approximate surface area is 208 Å². The smallest absolute Gasteiger partial charge is 0.344 e. The van der Waals surface area contributed by atoms with Gasteiger partial charge in [-0.3, -0.25) is 14.3 Å². The number of ether oxygens (including phenoxy) is 1. The molecule has 0 N–H and O–H groups in total. The van der Waals surface area contributed by atoms with E-state index in [2.05, 4.69) is 45.5 Å². The summed E-state index contributed by atoms with van der Waals surface area (Å²) in [4.78, 5) is 40.0. The van der Waals surface area contributed by atoms with Crippen molar-refractivity contribution in [2.45, 2.75) is 90.3 Å². The first kappa shape index (κ1) is 28.3. The molecule has 1 aliphatic rings. The van der Waals surface area contributed by atoms with Gasteiger partial charge in [0.1, 0.15) is 12.3 Å². The van der Waals surface area contributed by atoms with Gasteiger partial charge in [-0.05, 0) is 45.0 Å². The van der Waals surface area contributed by atoms with Gasteiger partial charge in [0.2, 0.25) is 11.4 Å². The van der Waals surface area contributed by atoms with Crippen molar-refractivity contribution in [2.24, 2.45) is 5.92 Å². The van der Waals surface area contributed by atoms with E-state index in [-0.39, 0.29) is 29.8 Å². The highest BCUT2D eigenvalue weighted by Crippen LogP contribution is 2.42. The van der Waals surface area contributed by atoms with Crippen LogP contribution in [-0.2, 0) is 25.3 Å². The lowest BCUT2D eigenvalue weighted by Gasteiger charge is -2.52. The van der Waals surface area contributed by atoms with Crippen LogP contribution in [0.2, 0.25) is 18.1 Å². The Morgan fingerprint density at radius 3 is 2.47 bits per heavy atom. The van der Waals surface area contributed by atoms with E-state index in [1.54, 1.807) is 10.7 Å². The normalized spacial score (nSPS) is 20.5. The van der Waals surface area contributed by atoms with Gasteiger partial charge in [0.05, 0.1) is 18.1 Å². The predicted octanol–water partition coefficient (Wildman–Crippen LogP) is 4.32. The third kappa shape index (κ3) is 5.80. The fourth-order valence-electron chi connectivity index (χ4n) is 3.91. The molecule has 4 atom stereocenters. The quantitative estimate of drug-likeness (QED) is 0.0835. The first-order valence-electron chi connectivity index (χ1n) is 11.7. The molecule has 190 valence electrons. The maximum Gasteiger partial charge on any atom is 0.344 e. The Hall–Kier alpha value is -1.97. The minimum atomic E-state index is -2.18. The molecule has 0 bridgehead atoms. The number of likely N-dealkylation sites (tertiary alicyclic amines) is 1. The van der Waals surface area contributed by atoms with Gasteiger partial charge < -0.3 is 14.1 Å². The number of nitrogens with zero attached hydrogens (tertiary/aromatic N) is 3. The number of Topliss-reactive ketones (excluding diaryl/α,β-unsaturated/α-hetero) is 1. The number of aromatic nitrogens is 2. The van der Waals surface area contributed by atoms with Crippen molar-refractivity contribution in [3.8, 4) is 0 Å². The van der Waals surface area contributed by atoms with Gasteiger partial charge in [0.25, 0.3) is 0 Å². The van der Waals surface area contributed by atoms with E-state index < -0.39 is 37.9 Å². The Morgan fingerprint density at radius 2 is 1.97 bits per heavy atom. The highest BCUT2D eigenvalue weighted by Gasteiger charge is 2.56. The zero-order chi connectivity index (χ0) is 26.0.